The minimum absolute atomic E-state index is 0.200. The van der Waals surface area contributed by atoms with Crippen LogP contribution in [-0.2, 0) is 9.68 Å². The lowest BCUT2D eigenvalue weighted by atomic mass is 10.1. The van der Waals surface area contributed by atoms with E-state index in [1.54, 1.807) is 0 Å². The summed E-state index contributed by atoms with van der Waals surface area (Å²) in [4.78, 5) is 8.82. The second-order valence-electron chi connectivity index (χ2n) is 3.02. The summed E-state index contributed by atoms with van der Waals surface area (Å²) in [6.07, 6.45) is 2.66. The van der Waals surface area contributed by atoms with E-state index in [1.807, 2.05) is 6.92 Å². The van der Waals surface area contributed by atoms with Crippen molar-refractivity contribution in [1.29, 1.82) is 0 Å². The van der Waals surface area contributed by atoms with Gasteiger partial charge in [0.25, 0.3) is 0 Å². The zero-order chi connectivity index (χ0) is 11.7. The normalized spacial score (nSPS) is 13.8. The number of hydrogen-bond acceptors (Lipinski definition) is 8. The zero-order valence-corrected chi connectivity index (χ0v) is 8.61. The molecule has 0 radical (unpaired) electrons. The van der Waals surface area contributed by atoms with Gasteiger partial charge in [-0.1, -0.05) is 26.2 Å². The van der Waals surface area contributed by atoms with E-state index in [2.05, 4.69) is 9.68 Å². The number of nitrogens with zero attached hydrogens (tertiary/aromatic N) is 2. The van der Waals surface area contributed by atoms with Crippen LogP contribution in [0.25, 0.3) is 0 Å². The van der Waals surface area contributed by atoms with Gasteiger partial charge in [0, 0.05) is 0 Å². The summed E-state index contributed by atoms with van der Waals surface area (Å²) < 4.78 is 0. The summed E-state index contributed by atoms with van der Waals surface area (Å²) in [5, 5.41) is 32.5. The Kier molecular flexibility index (Phi) is 8.76. The molecule has 0 aliphatic rings. The fourth-order valence-corrected chi connectivity index (χ4v) is 1.07. The average Bonchev–Trinajstić information content (AvgIpc) is 2.13. The lowest BCUT2D eigenvalue weighted by Gasteiger charge is -2.18. The van der Waals surface area contributed by atoms with Crippen molar-refractivity contribution in [2.45, 2.75) is 38.7 Å². The van der Waals surface area contributed by atoms with E-state index in [-0.39, 0.29) is 6.61 Å². The van der Waals surface area contributed by atoms with Crippen molar-refractivity contribution >= 4 is 0 Å². The van der Waals surface area contributed by atoms with Gasteiger partial charge in [-0.3, -0.25) is 20.8 Å². The van der Waals surface area contributed by atoms with Crippen molar-refractivity contribution in [3.05, 3.63) is 0 Å². The van der Waals surface area contributed by atoms with Crippen molar-refractivity contribution in [1.82, 2.24) is 10.8 Å². The molecule has 0 saturated carbocycles. The number of rotatable bonds is 9. The Bertz CT molecular complexity index is 145. The van der Waals surface area contributed by atoms with Crippen LogP contribution >= 0.6 is 0 Å². The summed E-state index contributed by atoms with van der Waals surface area (Å²) in [7, 11) is 0. The first-order valence-electron chi connectivity index (χ1n) is 4.71. The SMILES string of the molecule is CCCCC[C@@H](CON(O)O)ON(O)O. The van der Waals surface area contributed by atoms with E-state index in [1.165, 1.54) is 0 Å². The first kappa shape index (κ1) is 14.7. The topological polar surface area (TPSA) is 106 Å². The van der Waals surface area contributed by atoms with Gasteiger partial charge in [-0.25, -0.2) is 9.68 Å². The van der Waals surface area contributed by atoms with Crippen LogP contribution in [0, 0.1) is 0 Å². The van der Waals surface area contributed by atoms with Crippen molar-refractivity contribution in [3.63, 3.8) is 0 Å². The highest BCUT2D eigenvalue weighted by molar-refractivity contribution is 4.54. The molecule has 0 unspecified atom stereocenters. The van der Waals surface area contributed by atoms with Crippen LogP contribution in [0.3, 0.4) is 0 Å². The Morgan fingerprint density at radius 1 is 1.07 bits per heavy atom. The highest BCUT2D eigenvalue weighted by Crippen LogP contribution is 2.08. The van der Waals surface area contributed by atoms with Crippen molar-refractivity contribution in [2.75, 3.05) is 6.61 Å². The van der Waals surface area contributed by atoms with Crippen molar-refractivity contribution in [3.8, 4) is 0 Å². The third-order valence-electron chi connectivity index (χ3n) is 1.75. The van der Waals surface area contributed by atoms with Crippen LogP contribution in [0.5, 0.6) is 0 Å². The minimum atomic E-state index is -0.659. The fourth-order valence-electron chi connectivity index (χ4n) is 1.07. The molecule has 1 atom stereocenters. The molecule has 0 spiro atoms. The Morgan fingerprint density at radius 2 is 1.73 bits per heavy atom. The van der Waals surface area contributed by atoms with Gasteiger partial charge in [0.15, 0.2) is 0 Å². The molecule has 0 saturated heterocycles. The Labute approximate surface area is 87.6 Å². The third kappa shape index (κ3) is 9.97. The maximum Gasteiger partial charge on any atom is 0.110 e. The largest absolute Gasteiger partial charge is 0.266 e. The van der Waals surface area contributed by atoms with Gasteiger partial charge in [-0.15, -0.1) is 0 Å². The summed E-state index contributed by atoms with van der Waals surface area (Å²) in [5.41, 5.74) is 0. The predicted octanol–water partition coefficient (Wildman–Crippen LogP) is 0.959. The van der Waals surface area contributed by atoms with E-state index < -0.39 is 16.9 Å². The van der Waals surface area contributed by atoms with E-state index in [0.717, 1.165) is 19.3 Å². The van der Waals surface area contributed by atoms with Crippen molar-refractivity contribution < 1.29 is 30.5 Å². The number of unbranched alkanes of at least 4 members (excludes halogenated alkanes) is 2. The molecule has 0 bridgehead atoms. The van der Waals surface area contributed by atoms with Crippen LogP contribution in [0.1, 0.15) is 32.6 Å². The maximum atomic E-state index is 8.42. The van der Waals surface area contributed by atoms with Gasteiger partial charge in [0.2, 0.25) is 0 Å². The highest BCUT2D eigenvalue weighted by Gasteiger charge is 2.14. The Hall–Kier alpha value is -0.320. The quantitative estimate of drug-likeness (QED) is 0.340. The van der Waals surface area contributed by atoms with E-state index >= 15 is 0 Å². The molecule has 92 valence electrons. The Balaban J connectivity index is 3.73. The summed E-state index contributed by atoms with van der Waals surface area (Å²) in [6, 6.07) is 0. The molecule has 15 heavy (non-hydrogen) atoms. The molecule has 0 aromatic rings. The van der Waals surface area contributed by atoms with Gasteiger partial charge in [0.1, 0.15) is 12.7 Å². The Morgan fingerprint density at radius 3 is 2.20 bits per heavy atom. The molecular formula is C7H18N2O6. The number of hydrogen-bond donors (Lipinski definition) is 4. The molecule has 0 aromatic carbocycles. The second kappa shape index (κ2) is 8.95. The molecule has 8 heteroatoms. The maximum absolute atomic E-state index is 8.42. The molecule has 0 aliphatic heterocycles. The molecule has 8 nitrogen and oxygen atoms in total. The lowest BCUT2D eigenvalue weighted by Crippen LogP contribution is -2.31. The summed E-state index contributed by atoms with van der Waals surface area (Å²) in [5.74, 6) is 0. The molecule has 0 heterocycles. The first-order valence-corrected chi connectivity index (χ1v) is 4.71. The molecular weight excluding hydrogens is 208 g/mol. The van der Waals surface area contributed by atoms with E-state index in [9.17, 15) is 0 Å². The first-order chi connectivity index (χ1) is 7.06. The molecule has 0 fully saturated rings. The average molecular weight is 226 g/mol. The standard InChI is InChI=1S/C7H18N2O6/c1-2-3-4-5-7(15-9(12)13)6-14-8(10)11/h7,10-13H,2-6H2,1H3/t7-/m0/s1. The monoisotopic (exact) mass is 226 g/mol. The van der Waals surface area contributed by atoms with E-state index in [0.29, 0.717) is 6.42 Å². The molecule has 0 amide bonds. The van der Waals surface area contributed by atoms with Crippen LogP contribution in [0.15, 0.2) is 0 Å². The zero-order valence-electron chi connectivity index (χ0n) is 8.61. The second-order valence-corrected chi connectivity index (χ2v) is 3.02. The van der Waals surface area contributed by atoms with Crippen LogP contribution in [0.4, 0.5) is 0 Å². The van der Waals surface area contributed by atoms with Crippen LogP contribution in [0.2, 0.25) is 0 Å². The minimum Gasteiger partial charge on any atom is -0.266 e. The summed E-state index contributed by atoms with van der Waals surface area (Å²) in [6.45, 7) is 1.83. The fraction of sp³-hybridized carbons (Fsp3) is 1.00. The molecule has 4 N–H and O–H groups in total. The van der Waals surface area contributed by atoms with Crippen LogP contribution < -0.4 is 0 Å². The van der Waals surface area contributed by atoms with Gasteiger partial charge < -0.3 is 0 Å². The molecule has 0 aliphatic carbocycles. The van der Waals surface area contributed by atoms with E-state index in [4.69, 9.17) is 20.8 Å². The van der Waals surface area contributed by atoms with Gasteiger partial charge >= 0.3 is 0 Å². The predicted molar refractivity (Wildman–Crippen MR) is 45.8 cm³/mol. The van der Waals surface area contributed by atoms with Gasteiger partial charge in [-0.05, 0) is 6.42 Å². The third-order valence-corrected chi connectivity index (χ3v) is 1.75. The highest BCUT2D eigenvalue weighted by atomic mass is 17.1. The van der Waals surface area contributed by atoms with Crippen LogP contribution in [-0.4, -0.2) is 44.3 Å². The molecule has 0 rings (SSSR count). The van der Waals surface area contributed by atoms with Gasteiger partial charge in [-0.2, -0.15) is 0 Å². The van der Waals surface area contributed by atoms with Crippen molar-refractivity contribution in [2.24, 2.45) is 0 Å². The summed E-state index contributed by atoms with van der Waals surface area (Å²) >= 11 is 0. The molecule has 0 aromatic heterocycles. The van der Waals surface area contributed by atoms with Gasteiger partial charge in [0.05, 0.1) is 10.8 Å². The smallest absolute Gasteiger partial charge is 0.110 e. The lowest BCUT2D eigenvalue weighted by molar-refractivity contribution is -0.527.